The molecule has 10 heteroatoms. The van der Waals surface area contributed by atoms with Gasteiger partial charge >= 0.3 is 0 Å². The van der Waals surface area contributed by atoms with Gasteiger partial charge in [-0.15, -0.1) is 0 Å². The second-order valence-electron chi connectivity index (χ2n) is 7.64. The molecule has 10 nitrogen and oxygen atoms in total. The van der Waals surface area contributed by atoms with Crippen LogP contribution in [0.4, 0.5) is 17.1 Å². The molecule has 1 unspecified atom stereocenters. The Balaban J connectivity index is 2.17. The molecule has 2 rings (SSSR count). The van der Waals surface area contributed by atoms with Crippen molar-refractivity contribution in [2.45, 2.75) is 39.0 Å². The van der Waals surface area contributed by atoms with Gasteiger partial charge in [-0.3, -0.25) is 19.9 Å². The zero-order chi connectivity index (χ0) is 23.0. The van der Waals surface area contributed by atoms with E-state index in [1.165, 1.54) is 12.1 Å². The zero-order valence-electron chi connectivity index (χ0n) is 17.5. The molecular weight excluding hydrogens is 404 g/mol. The standard InChI is InChI=1S/C21H26N4O6/c1-21(2,3)31-20(27)24-18(13-30-12-14-7-5-4-6-8-14)19(26)23-17-11-15(25(28)29)9-10-16(17)22/h4-11,18H,12-13,22H2,1-3H3,(H,23,26)(H,24,27)/p-1. The molecule has 0 aliphatic carbocycles. The predicted octanol–water partition coefficient (Wildman–Crippen LogP) is 2.23. The molecule has 0 bridgehead atoms. The molecule has 3 N–H and O–H groups in total. The number of aliphatic imine (C=N–C) groups is 1. The number of hydrogen-bond donors (Lipinski definition) is 2. The van der Waals surface area contributed by atoms with Crippen LogP contribution in [0.2, 0.25) is 0 Å². The van der Waals surface area contributed by atoms with Gasteiger partial charge in [-0.05, 0) is 11.6 Å². The van der Waals surface area contributed by atoms with Crippen LogP contribution in [-0.2, 0) is 20.9 Å². The first-order valence-electron chi connectivity index (χ1n) is 9.45. The largest absolute Gasteiger partial charge is 0.595 e. The number of nitro benzene ring substituents is 1. The Labute approximate surface area is 179 Å². The van der Waals surface area contributed by atoms with Crippen LogP contribution in [0.1, 0.15) is 26.3 Å². The number of nitrogen functional groups attached to an aromatic ring is 1. The van der Waals surface area contributed by atoms with Crippen LogP contribution in [0.5, 0.6) is 0 Å². The van der Waals surface area contributed by atoms with E-state index < -0.39 is 28.6 Å². The van der Waals surface area contributed by atoms with Crippen LogP contribution >= 0.6 is 0 Å². The van der Waals surface area contributed by atoms with Gasteiger partial charge in [0, 0.05) is 17.7 Å². The number of nitrogens with one attached hydrogen (secondary N) is 1. The Morgan fingerprint density at radius 3 is 2.52 bits per heavy atom. The Kier molecular flexibility index (Phi) is 7.92. The predicted molar refractivity (Wildman–Crippen MR) is 114 cm³/mol. The Hall–Kier alpha value is -3.66. The van der Waals surface area contributed by atoms with E-state index in [1.54, 1.807) is 20.8 Å². The Morgan fingerprint density at radius 2 is 1.90 bits per heavy atom. The van der Waals surface area contributed by atoms with Crippen molar-refractivity contribution in [1.29, 1.82) is 0 Å². The summed E-state index contributed by atoms with van der Waals surface area (Å²) in [5, 5.41) is 25.6. The molecule has 0 fully saturated rings. The van der Waals surface area contributed by atoms with Crippen molar-refractivity contribution in [2.75, 3.05) is 17.7 Å². The molecule has 166 valence electrons. The highest BCUT2D eigenvalue weighted by Gasteiger charge is 2.21. The highest BCUT2D eigenvalue weighted by atomic mass is 16.6. The molecule has 1 atom stereocenters. The van der Waals surface area contributed by atoms with Crippen LogP contribution in [-0.4, -0.2) is 35.2 Å². The summed E-state index contributed by atoms with van der Waals surface area (Å²) in [6.45, 7) is 5.00. The molecule has 0 saturated carbocycles. The van der Waals surface area contributed by atoms with E-state index >= 15 is 0 Å². The minimum absolute atomic E-state index is 0.0339. The summed E-state index contributed by atoms with van der Waals surface area (Å²) < 4.78 is 10.7. The third-order valence-electron chi connectivity index (χ3n) is 3.85. The summed E-state index contributed by atoms with van der Waals surface area (Å²) in [5.74, 6) is -0.717. The molecule has 0 heterocycles. The van der Waals surface area contributed by atoms with Crippen molar-refractivity contribution in [3.63, 3.8) is 0 Å². The fourth-order valence-corrected chi connectivity index (χ4v) is 2.43. The maximum Gasteiger partial charge on any atom is 0.271 e. The second kappa shape index (κ2) is 10.4. The highest BCUT2D eigenvalue weighted by Crippen LogP contribution is 2.24. The first-order valence-corrected chi connectivity index (χ1v) is 9.45. The molecule has 0 aromatic heterocycles. The van der Waals surface area contributed by atoms with E-state index in [0.29, 0.717) is 0 Å². The van der Waals surface area contributed by atoms with Crippen LogP contribution in [0.25, 0.3) is 0 Å². The van der Waals surface area contributed by atoms with E-state index in [-0.39, 0.29) is 30.3 Å². The minimum atomic E-state index is -1.25. The van der Waals surface area contributed by atoms with Gasteiger partial charge in [0.1, 0.15) is 6.08 Å². The van der Waals surface area contributed by atoms with Crippen molar-refractivity contribution in [3.8, 4) is 0 Å². The number of benzene rings is 2. The van der Waals surface area contributed by atoms with Crippen LogP contribution in [0.15, 0.2) is 53.5 Å². The van der Waals surface area contributed by atoms with E-state index in [9.17, 15) is 20.0 Å². The van der Waals surface area contributed by atoms with Gasteiger partial charge in [0.05, 0.1) is 29.5 Å². The zero-order valence-corrected chi connectivity index (χ0v) is 17.5. The SMILES string of the molecule is CC(C)(C)OC([O-])=NC(COCc1ccccc1)C(=O)Nc1cc([N+](=O)[O-])ccc1N. The van der Waals surface area contributed by atoms with Gasteiger partial charge in [-0.2, -0.15) is 0 Å². The summed E-state index contributed by atoms with van der Waals surface area (Å²) in [6.07, 6.45) is -0.928. The summed E-state index contributed by atoms with van der Waals surface area (Å²) in [5.41, 5.74) is 5.80. The van der Waals surface area contributed by atoms with Gasteiger partial charge in [0.25, 0.3) is 11.6 Å². The smallest absolute Gasteiger partial charge is 0.271 e. The number of nitro groups is 1. The van der Waals surface area contributed by atoms with Crippen molar-refractivity contribution in [2.24, 2.45) is 4.99 Å². The maximum absolute atomic E-state index is 12.8. The summed E-state index contributed by atoms with van der Waals surface area (Å²) >= 11 is 0. The second-order valence-corrected chi connectivity index (χ2v) is 7.64. The fraction of sp³-hybridized carbons (Fsp3) is 0.333. The molecule has 0 aliphatic heterocycles. The molecule has 0 radical (unpaired) electrons. The number of nitrogens with zero attached hydrogens (tertiary/aromatic N) is 2. The lowest BCUT2D eigenvalue weighted by Crippen LogP contribution is -2.37. The molecule has 2 aromatic rings. The number of hydrogen-bond acceptors (Lipinski definition) is 8. The molecule has 31 heavy (non-hydrogen) atoms. The molecule has 2 aromatic carbocycles. The van der Waals surface area contributed by atoms with Crippen molar-refractivity contribution in [1.82, 2.24) is 0 Å². The number of anilines is 2. The van der Waals surface area contributed by atoms with Gasteiger partial charge < -0.3 is 25.6 Å². The van der Waals surface area contributed by atoms with Crippen LogP contribution in [0.3, 0.4) is 0 Å². The first kappa shape index (κ1) is 23.6. The number of amides is 1. The molecule has 0 aliphatic rings. The number of non-ortho nitro benzene ring substituents is 1. The molecule has 0 spiro atoms. The molecular formula is C21H25N4O6-. The van der Waals surface area contributed by atoms with Gasteiger partial charge in [-0.25, -0.2) is 0 Å². The number of nitrogens with two attached hydrogens (primary N) is 1. The average Bonchev–Trinajstić information content (AvgIpc) is 2.68. The lowest BCUT2D eigenvalue weighted by molar-refractivity contribution is -0.384. The van der Waals surface area contributed by atoms with Crippen LogP contribution < -0.4 is 16.2 Å². The van der Waals surface area contributed by atoms with E-state index in [1.807, 2.05) is 30.3 Å². The van der Waals surface area contributed by atoms with E-state index in [4.69, 9.17) is 15.2 Å². The number of carbonyl (C=O) groups is 1. The average molecular weight is 429 g/mol. The van der Waals surface area contributed by atoms with Crippen LogP contribution in [0, 0.1) is 10.1 Å². The van der Waals surface area contributed by atoms with E-state index in [2.05, 4.69) is 10.3 Å². The number of carbonyl (C=O) groups excluding carboxylic acids is 1. The first-order chi connectivity index (χ1) is 14.5. The minimum Gasteiger partial charge on any atom is -0.595 e. The monoisotopic (exact) mass is 429 g/mol. The topological polar surface area (TPSA) is 152 Å². The molecule has 1 amide bonds. The van der Waals surface area contributed by atoms with Gasteiger partial charge in [0.15, 0.2) is 6.04 Å². The Bertz CT molecular complexity index is 941. The fourth-order valence-electron chi connectivity index (χ4n) is 2.43. The summed E-state index contributed by atoms with van der Waals surface area (Å²) in [7, 11) is 0. The lowest BCUT2D eigenvalue weighted by Gasteiger charge is -2.30. The van der Waals surface area contributed by atoms with Crippen molar-refractivity contribution < 1.29 is 24.3 Å². The number of ether oxygens (including phenoxy) is 2. The number of rotatable bonds is 8. The maximum atomic E-state index is 12.8. The third kappa shape index (κ3) is 7.94. The highest BCUT2D eigenvalue weighted by molar-refractivity contribution is 5.98. The third-order valence-corrected chi connectivity index (χ3v) is 3.85. The summed E-state index contributed by atoms with van der Waals surface area (Å²) in [6, 6.07) is 11.7. The van der Waals surface area contributed by atoms with Gasteiger partial charge in [-0.1, -0.05) is 51.1 Å². The normalized spacial score (nSPS) is 12.8. The molecule has 0 saturated heterocycles. The van der Waals surface area contributed by atoms with Crippen molar-refractivity contribution >= 4 is 29.1 Å². The Morgan fingerprint density at radius 1 is 1.23 bits per heavy atom. The van der Waals surface area contributed by atoms with Gasteiger partial charge in [0.2, 0.25) is 0 Å². The van der Waals surface area contributed by atoms with Crippen molar-refractivity contribution in [3.05, 3.63) is 64.2 Å². The van der Waals surface area contributed by atoms with E-state index in [0.717, 1.165) is 11.6 Å². The lowest BCUT2D eigenvalue weighted by atomic mass is 10.2. The summed E-state index contributed by atoms with van der Waals surface area (Å²) in [4.78, 5) is 27.0. The quantitative estimate of drug-likeness (QED) is 0.214.